The molecular weight excluding hydrogens is 314 g/mol. The van der Waals surface area contributed by atoms with Crippen LogP contribution in [0.4, 0.5) is 0 Å². The van der Waals surface area contributed by atoms with Gasteiger partial charge < -0.3 is 15.1 Å². The number of carbonyl (C=O) groups is 2. The molecule has 1 heterocycles. The molecule has 0 aliphatic carbocycles. The molecule has 5 nitrogen and oxygen atoms in total. The number of nitrogens with zero attached hydrogens (tertiary/aromatic N) is 1. The highest BCUT2D eigenvalue weighted by Gasteiger charge is 2.23. The number of benzene rings is 2. The molecular formula is C20H24N3O2+. The van der Waals surface area contributed by atoms with Crippen LogP contribution in [0, 0.1) is 0 Å². The topological polar surface area (TPSA) is 53.9 Å². The Morgan fingerprint density at radius 3 is 2.16 bits per heavy atom. The first kappa shape index (κ1) is 17.2. The summed E-state index contributed by atoms with van der Waals surface area (Å²) in [6.45, 7) is 4.40. The molecule has 0 spiro atoms. The molecule has 0 radical (unpaired) electrons. The average Bonchev–Trinajstić information content (AvgIpc) is 2.68. The number of nitrogens with one attached hydrogen (secondary N) is 2. The molecule has 0 atom stereocenters. The Balaban J connectivity index is 1.42. The van der Waals surface area contributed by atoms with Crippen molar-refractivity contribution in [1.82, 2.24) is 10.2 Å². The highest BCUT2D eigenvalue weighted by atomic mass is 16.2. The Hall–Kier alpha value is -2.66. The van der Waals surface area contributed by atoms with Gasteiger partial charge in [-0.15, -0.1) is 0 Å². The molecule has 2 amide bonds. The van der Waals surface area contributed by atoms with Crippen molar-refractivity contribution < 1.29 is 14.5 Å². The SMILES string of the molecule is O=C(NCC(=O)N1CC[NH+](Cc2ccccc2)CC1)c1ccccc1. The zero-order valence-corrected chi connectivity index (χ0v) is 14.3. The lowest BCUT2D eigenvalue weighted by Crippen LogP contribution is -3.13. The van der Waals surface area contributed by atoms with Crippen LogP contribution in [0.2, 0.25) is 0 Å². The van der Waals surface area contributed by atoms with E-state index in [1.165, 1.54) is 10.5 Å². The fourth-order valence-corrected chi connectivity index (χ4v) is 3.09. The molecule has 2 aromatic rings. The van der Waals surface area contributed by atoms with Gasteiger partial charge in [-0.25, -0.2) is 0 Å². The predicted molar refractivity (Wildman–Crippen MR) is 96.2 cm³/mol. The zero-order valence-electron chi connectivity index (χ0n) is 14.3. The third kappa shape index (κ3) is 4.90. The molecule has 0 unspecified atom stereocenters. The largest absolute Gasteiger partial charge is 0.343 e. The highest BCUT2D eigenvalue weighted by Crippen LogP contribution is 1.99. The second-order valence-corrected chi connectivity index (χ2v) is 6.34. The molecule has 2 aromatic carbocycles. The lowest BCUT2D eigenvalue weighted by Gasteiger charge is -2.32. The van der Waals surface area contributed by atoms with Crippen molar-refractivity contribution in [1.29, 1.82) is 0 Å². The van der Waals surface area contributed by atoms with E-state index < -0.39 is 0 Å². The molecule has 25 heavy (non-hydrogen) atoms. The van der Waals surface area contributed by atoms with E-state index in [4.69, 9.17) is 0 Å². The molecule has 1 saturated heterocycles. The first-order valence-electron chi connectivity index (χ1n) is 8.71. The molecule has 1 aliphatic rings. The number of quaternary nitrogens is 1. The summed E-state index contributed by atoms with van der Waals surface area (Å²) in [6.07, 6.45) is 0. The fraction of sp³-hybridized carbons (Fsp3) is 0.300. The lowest BCUT2D eigenvalue weighted by atomic mass is 10.2. The van der Waals surface area contributed by atoms with E-state index in [1.807, 2.05) is 29.2 Å². The quantitative estimate of drug-likeness (QED) is 0.826. The van der Waals surface area contributed by atoms with Gasteiger partial charge in [0.1, 0.15) is 6.54 Å². The van der Waals surface area contributed by atoms with Gasteiger partial charge in [-0.05, 0) is 12.1 Å². The Bertz CT molecular complexity index is 695. The second-order valence-electron chi connectivity index (χ2n) is 6.34. The van der Waals surface area contributed by atoms with Gasteiger partial charge >= 0.3 is 0 Å². The van der Waals surface area contributed by atoms with E-state index in [0.717, 1.165) is 32.7 Å². The monoisotopic (exact) mass is 338 g/mol. The molecule has 1 fully saturated rings. The summed E-state index contributed by atoms with van der Waals surface area (Å²) in [6, 6.07) is 19.4. The third-order valence-electron chi connectivity index (χ3n) is 4.56. The van der Waals surface area contributed by atoms with Crippen LogP contribution in [0.5, 0.6) is 0 Å². The number of piperazine rings is 1. The fourth-order valence-electron chi connectivity index (χ4n) is 3.09. The van der Waals surface area contributed by atoms with E-state index >= 15 is 0 Å². The first-order valence-corrected chi connectivity index (χ1v) is 8.71. The molecule has 130 valence electrons. The van der Waals surface area contributed by atoms with Gasteiger partial charge in [-0.3, -0.25) is 9.59 Å². The van der Waals surface area contributed by atoms with Crippen LogP contribution in [0.15, 0.2) is 60.7 Å². The van der Waals surface area contributed by atoms with Crippen molar-refractivity contribution in [3.63, 3.8) is 0 Å². The van der Waals surface area contributed by atoms with Crippen molar-refractivity contribution in [2.24, 2.45) is 0 Å². The maximum atomic E-state index is 12.3. The van der Waals surface area contributed by atoms with E-state index in [0.29, 0.717) is 5.56 Å². The van der Waals surface area contributed by atoms with Crippen molar-refractivity contribution in [3.05, 3.63) is 71.8 Å². The maximum absolute atomic E-state index is 12.3. The molecule has 0 saturated carbocycles. The van der Waals surface area contributed by atoms with Gasteiger partial charge in [0, 0.05) is 11.1 Å². The minimum Gasteiger partial charge on any atom is -0.343 e. The van der Waals surface area contributed by atoms with Gasteiger partial charge in [0.25, 0.3) is 5.91 Å². The Kier molecular flexibility index (Phi) is 5.80. The molecule has 3 rings (SSSR count). The summed E-state index contributed by atoms with van der Waals surface area (Å²) in [5.41, 5.74) is 1.90. The normalized spacial score (nSPS) is 15.0. The lowest BCUT2D eigenvalue weighted by molar-refractivity contribution is -0.917. The van der Waals surface area contributed by atoms with Crippen molar-refractivity contribution in [2.75, 3.05) is 32.7 Å². The summed E-state index contributed by atoms with van der Waals surface area (Å²) in [5, 5.41) is 2.71. The maximum Gasteiger partial charge on any atom is 0.251 e. The van der Waals surface area contributed by atoms with Crippen LogP contribution in [-0.4, -0.2) is 49.4 Å². The summed E-state index contributed by atoms with van der Waals surface area (Å²) in [7, 11) is 0. The third-order valence-corrected chi connectivity index (χ3v) is 4.56. The van der Waals surface area contributed by atoms with Gasteiger partial charge in [-0.2, -0.15) is 0 Å². The van der Waals surface area contributed by atoms with Gasteiger partial charge in [0.05, 0.1) is 32.7 Å². The van der Waals surface area contributed by atoms with Crippen LogP contribution in [-0.2, 0) is 11.3 Å². The summed E-state index contributed by atoms with van der Waals surface area (Å²) in [4.78, 5) is 27.6. The minimum absolute atomic E-state index is 0.0111. The van der Waals surface area contributed by atoms with E-state index in [1.54, 1.807) is 12.1 Å². The standard InChI is InChI=1S/C20H23N3O2/c24-19(15-21-20(25)18-9-5-2-6-10-18)23-13-11-22(12-14-23)16-17-7-3-1-4-8-17/h1-10H,11-16H2,(H,21,25)/p+1. The van der Waals surface area contributed by atoms with Crippen molar-refractivity contribution in [3.8, 4) is 0 Å². The first-order chi connectivity index (χ1) is 12.2. The number of amides is 2. The van der Waals surface area contributed by atoms with Crippen molar-refractivity contribution in [2.45, 2.75) is 6.54 Å². The second kappa shape index (κ2) is 8.44. The Morgan fingerprint density at radius 1 is 0.920 bits per heavy atom. The van der Waals surface area contributed by atoms with E-state index in [-0.39, 0.29) is 18.4 Å². The number of rotatable bonds is 5. The van der Waals surface area contributed by atoms with Crippen LogP contribution in [0.3, 0.4) is 0 Å². The van der Waals surface area contributed by atoms with Gasteiger partial charge in [-0.1, -0.05) is 48.5 Å². The molecule has 0 aromatic heterocycles. The van der Waals surface area contributed by atoms with Crippen LogP contribution in [0.25, 0.3) is 0 Å². The van der Waals surface area contributed by atoms with E-state index in [9.17, 15) is 9.59 Å². The van der Waals surface area contributed by atoms with Gasteiger partial charge in [0.15, 0.2) is 0 Å². The summed E-state index contributed by atoms with van der Waals surface area (Å²) < 4.78 is 0. The number of carbonyl (C=O) groups excluding carboxylic acids is 2. The zero-order chi connectivity index (χ0) is 17.5. The Labute approximate surface area is 148 Å². The molecule has 2 N–H and O–H groups in total. The van der Waals surface area contributed by atoms with Crippen LogP contribution >= 0.6 is 0 Å². The van der Waals surface area contributed by atoms with Crippen LogP contribution in [0.1, 0.15) is 15.9 Å². The summed E-state index contributed by atoms with van der Waals surface area (Å²) in [5.74, 6) is -0.217. The van der Waals surface area contributed by atoms with Crippen molar-refractivity contribution >= 4 is 11.8 Å². The smallest absolute Gasteiger partial charge is 0.251 e. The highest BCUT2D eigenvalue weighted by molar-refractivity contribution is 5.96. The van der Waals surface area contributed by atoms with Crippen LogP contribution < -0.4 is 10.2 Å². The Morgan fingerprint density at radius 2 is 1.52 bits per heavy atom. The molecule has 0 bridgehead atoms. The molecule has 1 aliphatic heterocycles. The molecule has 5 heteroatoms. The average molecular weight is 338 g/mol. The van der Waals surface area contributed by atoms with Gasteiger partial charge in [0.2, 0.25) is 5.91 Å². The van der Waals surface area contributed by atoms with E-state index in [2.05, 4.69) is 29.6 Å². The number of hydrogen-bond acceptors (Lipinski definition) is 2. The minimum atomic E-state index is -0.206. The predicted octanol–water partition coefficient (Wildman–Crippen LogP) is 0.344. The number of hydrogen-bond donors (Lipinski definition) is 2. The summed E-state index contributed by atoms with van der Waals surface area (Å²) >= 11 is 0.